The fraction of sp³-hybridized carbons (Fsp3) is 1.00. The van der Waals surface area contributed by atoms with E-state index in [-0.39, 0.29) is 0 Å². The summed E-state index contributed by atoms with van der Waals surface area (Å²) in [4.78, 5) is 16.8. The largest absolute Gasteiger partial charge is 0.469 e. The van der Waals surface area contributed by atoms with Crippen molar-refractivity contribution in [2.45, 2.75) is 24.1 Å². The molecule has 16 heavy (non-hydrogen) atoms. The second-order valence-electron chi connectivity index (χ2n) is 3.42. The Morgan fingerprint density at radius 2 is 1.94 bits per heavy atom. The quantitative estimate of drug-likeness (QED) is 0.289. The Morgan fingerprint density at radius 1 is 1.38 bits per heavy atom. The van der Waals surface area contributed by atoms with Crippen LogP contribution in [0.3, 0.4) is 0 Å². The molecule has 10 heteroatoms. The Bertz CT molecular complexity index is 290. The summed E-state index contributed by atoms with van der Waals surface area (Å²) < 4.78 is 18.9. The molecule has 0 aliphatic carbocycles. The number of hydrogen-bond acceptors (Lipinski definition) is 7. The van der Waals surface area contributed by atoms with E-state index in [1.165, 1.54) is 0 Å². The fourth-order valence-corrected chi connectivity index (χ4v) is 1.55. The van der Waals surface area contributed by atoms with E-state index >= 15 is 0 Å². The predicted molar refractivity (Wildman–Crippen MR) is 46.9 cm³/mol. The van der Waals surface area contributed by atoms with Crippen molar-refractivity contribution < 1.29 is 44.0 Å². The van der Waals surface area contributed by atoms with Gasteiger partial charge in [-0.1, -0.05) is 0 Å². The van der Waals surface area contributed by atoms with Gasteiger partial charge in [0.2, 0.25) is 5.79 Å². The zero-order valence-corrected chi connectivity index (χ0v) is 8.90. The lowest BCUT2D eigenvalue weighted by atomic mass is 9.98. The van der Waals surface area contributed by atoms with Crippen molar-refractivity contribution in [1.29, 1.82) is 0 Å². The zero-order chi connectivity index (χ0) is 12.6. The highest BCUT2D eigenvalue weighted by Crippen LogP contribution is 2.38. The van der Waals surface area contributed by atoms with Gasteiger partial charge in [-0.25, -0.2) is 4.57 Å². The van der Waals surface area contributed by atoms with E-state index in [1.54, 1.807) is 0 Å². The smallest absolute Gasteiger partial charge is 0.388 e. The summed E-state index contributed by atoms with van der Waals surface area (Å²) in [5, 5.41) is 37.2. The second-order valence-corrected chi connectivity index (χ2v) is 4.66. The van der Waals surface area contributed by atoms with Gasteiger partial charge >= 0.3 is 7.82 Å². The number of aliphatic hydroxyl groups excluding tert-OH is 3. The molecule has 1 saturated heterocycles. The first kappa shape index (κ1) is 14.0. The van der Waals surface area contributed by atoms with Crippen LogP contribution in [-0.4, -0.2) is 67.5 Å². The van der Waals surface area contributed by atoms with E-state index in [2.05, 4.69) is 9.26 Å². The van der Waals surface area contributed by atoms with Crippen LogP contribution in [0.2, 0.25) is 0 Å². The van der Waals surface area contributed by atoms with Gasteiger partial charge < -0.3 is 34.9 Å². The maximum Gasteiger partial charge on any atom is 0.469 e. The van der Waals surface area contributed by atoms with E-state index in [1.807, 2.05) is 0 Å². The van der Waals surface area contributed by atoms with Gasteiger partial charge in [-0.05, 0) is 0 Å². The Hall–Kier alpha value is -0.0900. The molecule has 1 heterocycles. The molecule has 2 unspecified atom stereocenters. The highest BCUT2D eigenvalue weighted by atomic mass is 31.2. The van der Waals surface area contributed by atoms with Crippen LogP contribution in [0, 0.1) is 0 Å². The van der Waals surface area contributed by atoms with Crippen LogP contribution in [0.5, 0.6) is 0 Å². The lowest BCUT2D eigenvalue weighted by molar-refractivity contribution is -0.329. The standard InChI is InChI=1S/C6H13O9P/c7-3-1-14-6(10,5(9)4(3)8)2-15-16(11,12)13/h3-5,7-10H,1-2H2,(H2,11,12,13)/t3-,4?,5?,6-/m0/s1. The fourth-order valence-electron chi connectivity index (χ4n) is 1.19. The van der Waals surface area contributed by atoms with Gasteiger partial charge in [0.25, 0.3) is 0 Å². The second kappa shape index (κ2) is 4.65. The van der Waals surface area contributed by atoms with Gasteiger partial charge in [-0.2, -0.15) is 0 Å². The number of rotatable bonds is 3. The number of hydrogen-bond donors (Lipinski definition) is 6. The molecule has 1 aliphatic rings. The van der Waals surface area contributed by atoms with Crippen molar-refractivity contribution in [1.82, 2.24) is 0 Å². The molecule has 6 N–H and O–H groups in total. The van der Waals surface area contributed by atoms with Crippen LogP contribution < -0.4 is 0 Å². The Morgan fingerprint density at radius 3 is 2.44 bits per heavy atom. The highest BCUT2D eigenvalue weighted by molar-refractivity contribution is 7.46. The Kier molecular flexibility index (Phi) is 4.06. The molecule has 0 spiro atoms. The molecule has 9 nitrogen and oxygen atoms in total. The average molecular weight is 260 g/mol. The first-order chi connectivity index (χ1) is 7.16. The summed E-state index contributed by atoms with van der Waals surface area (Å²) in [5.74, 6) is -2.47. The molecular weight excluding hydrogens is 247 g/mol. The van der Waals surface area contributed by atoms with E-state index in [0.29, 0.717) is 0 Å². The summed E-state index contributed by atoms with van der Waals surface area (Å²) in [6, 6.07) is 0. The van der Waals surface area contributed by atoms with Gasteiger partial charge in [0.15, 0.2) is 0 Å². The minimum atomic E-state index is -4.83. The molecule has 0 aromatic rings. The van der Waals surface area contributed by atoms with Crippen molar-refractivity contribution in [2.75, 3.05) is 13.2 Å². The summed E-state index contributed by atoms with van der Waals surface area (Å²) in [6.07, 6.45) is -5.03. The topological polar surface area (TPSA) is 157 Å². The van der Waals surface area contributed by atoms with Crippen LogP contribution in [0.25, 0.3) is 0 Å². The summed E-state index contributed by atoms with van der Waals surface area (Å²) >= 11 is 0. The van der Waals surface area contributed by atoms with Crippen molar-refractivity contribution in [2.24, 2.45) is 0 Å². The zero-order valence-electron chi connectivity index (χ0n) is 8.00. The maximum atomic E-state index is 10.4. The van der Waals surface area contributed by atoms with Crippen molar-refractivity contribution in [3.05, 3.63) is 0 Å². The molecule has 0 saturated carbocycles. The molecular formula is C6H13O9P. The minimum Gasteiger partial charge on any atom is -0.388 e. The van der Waals surface area contributed by atoms with Gasteiger partial charge in [0.05, 0.1) is 6.61 Å². The van der Waals surface area contributed by atoms with E-state index in [9.17, 15) is 19.9 Å². The summed E-state index contributed by atoms with van der Waals surface area (Å²) in [7, 11) is -4.83. The summed E-state index contributed by atoms with van der Waals surface area (Å²) in [6.45, 7) is -1.54. The lowest BCUT2D eigenvalue weighted by Gasteiger charge is -2.41. The van der Waals surface area contributed by atoms with Crippen molar-refractivity contribution in [3.63, 3.8) is 0 Å². The normalized spacial score (nSPS) is 41.0. The SMILES string of the molecule is O=P(O)(O)OC[C@]1(O)OC[C@H](O)C(O)C1O. The molecule has 0 bridgehead atoms. The third-order valence-corrected chi connectivity index (χ3v) is 2.59. The molecule has 0 aromatic carbocycles. The average Bonchev–Trinajstić information content (AvgIpc) is 2.18. The predicted octanol–water partition coefficient (Wildman–Crippen LogP) is -3.10. The molecule has 1 fully saturated rings. The Balaban J connectivity index is 2.66. The van der Waals surface area contributed by atoms with Crippen molar-refractivity contribution >= 4 is 7.82 Å². The first-order valence-corrected chi connectivity index (χ1v) is 5.79. The number of phosphoric ester groups is 1. The molecule has 4 atom stereocenters. The molecule has 1 aliphatic heterocycles. The van der Waals surface area contributed by atoms with Crippen LogP contribution in [0.1, 0.15) is 0 Å². The van der Waals surface area contributed by atoms with Crippen molar-refractivity contribution in [3.8, 4) is 0 Å². The van der Waals surface area contributed by atoms with Gasteiger partial charge in [-0.3, -0.25) is 4.52 Å². The minimum absolute atomic E-state index is 0.501. The molecule has 0 amide bonds. The number of ether oxygens (including phenoxy) is 1. The van der Waals surface area contributed by atoms with Crippen LogP contribution >= 0.6 is 7.82 Å². The molecule has 96 valence electrons. The Labute approximate surface area is 90.1 Å². The lowest BCUT2D eigenvalue weighted by Crippen LogP contribution is -2.62. The van der Waals surface area contributed by atoms with E-state index in [0.717, 1.165) is 0 Å². The third kappa shape index (κ3) is 3.20. The monoisotopic (exact) mass is 260 g/mol. The maximum absolute atomic E-state index is 10.4. The van der Waals surface area contributed by atoms with Gasteiger partial charge in [0, 0.05) is 0 Å². The molecule has 1 rings (SSSR count). The van der Waals surface area contributed by atoms with Crippen LogP contribution in [-0.2, 0) is 13.8 Å². The third-order valence-electron chi connectivity index (χ3n) is 2.12. The first-order valence-electron chi connectivity index (χ1n) is 4.26. The number of aliphatic hydroxyl groups is 4. The molecule has 0 aromatic heterocycles. The molecule has 0 radical (unpaired) electrons. The van der Waals surface area contributed by atoms with E-state index < -0.39 is 45.1 Å². The van der Waals surface area contributed by atoms with Gasteiger partial charge in [0.1, 0.15) is 24.9 Å². The van der Waals surface area contributed by atoms with Crippen LogP contribution in [0.15, 0.2) is 0 Å². The summed E-state index contributed by atoms with van der Waals surface area (Å²) in [5.41, 5.74) is 0. The highest BCUT2D eigenvalue weighted by Gasteiger charge is 2.49. The number of phosphoric acid groups is 1. The van der Waals surface area contributed by atoms with Crippen LogP contribution in [0.4, 0.5) is 0 Å². The van der Waals surface area contributed by atoms with E-state index in [4.69, 9.17) is 14.9 Å². The van der Waals surface area contributed by atoms with Gasteiger partial charge in [-0.15, -0.1) is 0 Å².